The normalized spacial score (nSPS) is 19.4. The van der Waals surface area contributed by atoms with Crippen LogP contribution in [0.2, 0.25) is 5.02 Å². The van der Waals surface area contributed by atoms with E-state index in [0.29, 0.717) is 62.8 Å². The molecule has 6 rings (SSSR count). The van der Waals surface area contributed by atoms with Crippen LogP contribution in [0.15, 0.2) is 72.8 Å². The molecule has 8 nitrogen and oxygen atoms in total. The first-order valence-electron chi connectivity index (χ1n) is 15.9. The van der Waals surface area contributed by atoms with Crippen LogP contribution in [-0.4, -0.2) is 63.1 Å². The zero-order chi connectivity index (χ0) is 31.6. The molecule has 3 aliphatic rings. The average molecular weight is 649 g/mol. The summed E-state index contributed by atoms with van der Waals surface area (Å²) in [5.74, 6) is 0.257. The summed E-state index contributed by atoms with van der Waals surface area (Å²) in [5, 5.41) is 7.04. The van der Waals surface area contributed by atoms with Gasteiger partial charge in [-0.1, -0.05) is 66.2 Å². The van der Waals surface area contributed by atoms with Crippen LogP contribution in [0.5, 0.6) is 0 Å². The number of sulfonamides is 1. The number of fused-ring (bicyclic) bond motifs is 1. The Hall–Kier alpha value is -3.40. The molecule has 1 saturated carbocycles. The van der Waals surface area contributed by atoms with E-state index in [1.807, 2.05) is 53.4 Å². The lowest BCUT2D eigenvalue weighted by Crippen LogP contribution is -2.56. The summed E-state index contributed by atoms with van der Waals surface area (Å²) in [6, 6.07) is 22.1. The van der Waals surface area contributed by atoms with Gasteiger partial charge in [0.15, 0.2) is 0 Å². The van der Waals surface area contributed by atoms with E-state index in [1.54, 1.807) is 16.4 Å². The third-order valence-electron chi connectivity index (χ3n) is 9.34. The van der Waals surface area contributed by atoms with Crippen LogP contribution >= 0.6 is 11.6 Å². The Morgan fingerprint density at radius 1 is 0.956 bits per heavy atom. The van der Waals surface area contributed by atoms with Crippen molar-refractivity contribution < 1.29 is 18.0 Å². The highest BCUT2D eigenvalue weighted by atomic mass is 35.5. The van der Waals surface area contributed by atoms with Crippen molar-refractivity contribution in [1.29, 1.82) is 0 Å². The van der Waals surface area contributed by atoms with Crippen molar-refractivity contribution in [1.82, 2.24) is 15.5 Å². The van der Waals surface area contributed by atoms with Crippen LogP contribution in [0, 0.1) is 5.92 Å². The first kappa shape index (κ1) is 31.6. The molecule has 0 bridgehead atoms. The van der Waals surface area contributed by atoms with Crippen molar-refractivity contribution in [3.05, 3.63) is 100 Å². The molecular weight excluding hydrogens is 608 g/mol. The predicted molar refractivity (Wildman–Crippen MR) is 178 cm³/mol. The van der Waals surface area contributed by atoms with Gasteiger partial charge in [-0.25, -0.2) is 8.42 Å². The molecule has 2 fully saturated rings. The van der Waals surface area contributed by atoms with Gasteiger partial charge < -0.3 is 15.5 Å². The minimum atomic E-state index is -3.42. The quantitative estimate of drug-likeness (QED) is 0.333. The Balaban J connectivity index is 1.16. The van der Waals surface area contributed by atoms with Gasteiger partial charge in [-0.2, -0.15) is 0 Å². The van der Waals surface area contributed by atoms with Crippen molar-refractivity contribution in [2.24, 2.45) is 5.92 Å². The lowest BCUT2D eigenvalue weighted by Gasteiger charge is -2.36. The molecular formula is C35H41ClN4O4S. The van der Waals surface area contributed by atoms with E-state index in [2.05, 4.69) is 22.8 Å². The van der Waals surface area contributed by atoms with E-state index >= 15 is 0 Å². The molecule has 3 aromatic rings. The Morgan fingerprint density at radius 3 is 2.31 bits per heavy atom. The molecule has 1 aliphatic carbocycles. The maximum atomic E-state index is 14.0. The smallest absolute Gasteiger partial charge is 0.245 e. The van der Waals surface area contributed by atoms with Gasteiger partial charge in [0, 0.05) is 37.6 Å². The van der Waals surface area contributed by atoms with E-state index < -0.39 is 22.1 Å². The number of amides is 2. The second kappa shape index (κ2) is 13.5. The van der Waals surface area contributed by atoms with Gasteiger partial charge in [0.05, 0.1) is 18.0 Å². The summed E-state index contributed by atoms with van der Waals surface area (Å²) >= 11 is 6.12. The van der Waals surface area contributed by atoms with Crippen molar-refractivity contribution in [2.75, 3.05) is 30.2 Å². The number of anilines is 1. The molecule has 0 radical (unpaired) electrons. The lowest BCUT2D eigenvalue weighted by atomic mass is 9.87. The van der Waals surface area contributed by atoms with Crippen molar-refractivity contribution in [2.45, 2.75) is 63.1 Å². The molecule has 45 heavy (non-hydrogen) atoms. The van der Waals surface area contributed by atoms with Crippen LogP contribution in [0.1, 0.15) is 53.9 Å². The number of piperidine rings is 1. The monoisotopic (exact) mass is 648 g/mol. The Labute approximate surface area is 271 Å². The molecule has 2 aliphatic heterocycles. The number of hydrogen-bond acceptors (Lipinski definition) is 5. The molecule has 238 valence electrons. The van der Waals surface area contributed by atoms with Gasteiger partial charge in [0.25, 0.3) is 0 Å². The molecule has 0 unspecified atom stereocenters. The standard InChI is InChI=1S/C35H41ClN4O4S/c1-45(43,44)40(23-25-10-11-25)33-9-5-4-8-30(33)26-16-18-39(19-17-26)35(42)32(20-24-12-14-29(36)15-13-24)38-34(41)31-21-27-6-2-3-7-28(27)22-37-31/h2-9,12-15,25-26,31-32,37H,10-11,16-23H2,1H3,(H,38,41)/t31-,32+/m0/s1. The van der Waals surface area contributed by atoms with Crippen LogP contribution < -0.4 is 14.9 Å². The van der Waals surface area contributed by atoms with E-state index in [9.17, 15) is 18.0 Å². The van der Waals surface area contributed by atoms with E-state index in [0.717, 1.165) is 35.2 Å². The predicted octanol–water partition coefficient (Wildman–Crippen LogP) is 4.66. The van der Waals surface area contributed by atoms with Gasteiger partial charge in [-0.15, -0.1) is 0 Å². The summed E-state index contributed by atoms with van der Waals surface area (Å²) < 4.78 is 27.2. The molecule has 1 saturated heterocycles. The second-order valence-corrected chi connectivity index (χ2v) is 15.0. The number of nitrogens with one attached hydrogen (secondary N) is 2. The number of halogens is 1. The summed E-state index contributed by atoms with van der Waals surface area (Å²) in [5.41, 5.74) is 5.02. The zero-order valence-corrected chi connectivity index (χ0v) is 27.2. The van der Waals surface area contributed by atoms with Crippen molar-refractivity contribution in [3.63, 3.8) is 0 Å². The number of carbonyl (C=O) groups is 2. The van der Waals surface area contributed by atoms with Crippen molar-refractivity contribution in [3.8, 4) is 0 Å². The third kappa shape index (κ3) is 7.71. The molecule has 0 spiro atoms. The maximum absolute atomic E-state index is 14.0. The minimum Gasteiger partial charge on any atom is -0.343 e. The SMILES string of the molecule is CS(=O)(=O)N(CC1CC1)c1ccccc1C1CCN(C(=O)[C@@H](Cc2ccc(Cl)cc2)NC(=O)[C@@H]2Cc3ccccc3CN2)CC1. The fourth-order valence-electron chi connectivity index (χ4n) is 6.61. The van der Waals surface area contributed by atoms with Gasteiger partial charge >= 0.3 is 0 Å². The molecule has 3 aromatic carbocycles. The average Bonchev–Trinajstić information content (AvgIpc) is 3.88. The Morgan fingerprint density at radius 2 is 1.62 bits per heavy atom. The fraction of sp³-hybridized carbons (Fsp3) is 0.429. The second-order valence-electron chi connectivity index (χ2n) is 12.7. The first-order valence-corrected chi connectivity index (χ1v) is 18.1. The number of para-hydroxylation sites is 1. The summed E-state index contributed by atoms with van der Waals surface area (Å²) in [6.45, 7) is 2.18. The molecule has 10 heteroatoms. The largest absolute Gasteiger partial charge is 0.343 e. The number of hydrogen-bond donors (Lipinski definition) is 2. The Bertz CT molecular complexity index is 1640. The van der Waals surface area contributed by atoms with Gasteiger partial charge in [-0.3, -0.25) is 13.9 Å². The molecule has 2 atom stereocenters. The first-order chi connectivity index (χ1) is 21.7. The summed E-state index contributed by atoms with van der Waals surface area (Å²) in [7, 11) is -3.42. The van der Waals surface area contributed by atoms with Crippen LogP contribution in [0.25, 0.3) is 0 Å². The molecule has 0 aromatic heterocycles. The summed E-state index contributed by atoms with van der Waals surface area (Å²) in [6.07, 6.45) is 5.76. The molecule has 2 amide bonds. The van der Waals surface area contributed by atoms with Crippen LogP contribution in [0.4, 0.5) is 5.69 Å². The van der Waals surface area contributed by atoms with Gasteiger partial charge in [0.2, 0.25) is 21.8 Å². The van der Waals surface area contributed by atoms with Crippen molar-refractivity contribution >= 4 is 39.1 Å². The molecule has 2 N–H and O–H groups in total. The number of carbonyl (C=O) groups excluding carboxylic acids is 2. The number of rotatable bonds is 10. The number of benzene rings is 3. The molecule has 2 heterocycles. The lowest BCUT2D eigenvalue weighted by molar-refractivity contribution is -0.137. The minimum absolute atomic E-state index is 0.104. The van der Waals surface area contributed by atoms with Crippen LogP contribution in [0.3, 0.4) is 0 Å². The number of likely N-dealkylation sites (tertiary alicyclic amines) is 1. The highest BCUT2D eigenvalue weighted by molar-refractivity contribution is 7.92. The van der Waals surface area contributed by atoms with E-state index in [-0.39, 0.29) is 17.7 Å². The maximum Gasteiger partial charge on any atom is 0.245 e. The zero-order valence-electron chi connectivity index (χ0n) is 25.6. The number of nitrogens with zero attached hydrogens (tertiary/aromatic N) is 2. The van der Waals surface area contributed by atoms with E-state index in [1.165, 1.54) is 11.8 Å². The highest BCUT2D eigenvalue weighted by Crippen LogP contribution is 2.38. The Kier molecular flexibility index (Phi) is 9.49. The van der Waals surface area contributed by atoms with Gasteiger partial charge in [-0.05, 0) is 84.4 Å². The third-order valence-corrected chi connectivity index (χ3v) is 10.7. The highest BCUT2D eigenvalue weighted by Gasteiger charge is 2.35. The topological polar surface area (TPSA) is 98.8 Å². The van der Waals surface area contributed by atoms with E-state index in [4.69, 9.17) is 11.6 Å². The summed E-state index contributed by atoms with van der Waals surface area (Å²) in [4.78, 5) is 29.4. The fourth-order valence-corrected chi connectivity index (χ4v) is 7.74. The van der Waals surface area contributed by atoms with Crippen LogP contribution in [-0.2, 0) is 39.0 Å². The van der Waals surface area contributed by atoms with Gasteiger partial charge in [0.1, 0.15) is 6.04 Å².